The molecular formula is C12H20BrNO. The lowest BCUT2D eigenvalue weighted by Crippen LogP contribution is -2.39. The second kappa shape index (κ2) is 4.86. The van der Waals surface area contributed by atoms with Crippen molar-refractivity contribution in [3.8, 4) is 0 Å². The summed E-state index contributed by atoms with van der Waals surface area (Å²) in [6, 6.07) is 0. The van der Waals surface area contributed by atoms with Crippen LogP contribution < -0.4 is 5.32 Å². The van der Waals surface area contributed by atoms with E-state index in [0.717, 1.165) is 24.6 Å². The van der Waals surface area contributed by atoms with E-state index in [1.165, 1.54) is 32.1 Å². The van der Waals surface area contributed by atoms with E-state index in [0.29, 0.717) is 5.92 Å². The summed E-state index contributed by atoms with van der Waals surface area (Å²) < 4.78 is 0. The van der Waals surface area contributed by atoms with Crippen LogP contribution in [-0.2, 0) is 4.79 Å². The van der Waals surface area contributed by atoms with Crippen LogP contribution in [0.15, 0.2) is 0 Å². The van der Waals surface area contributed by atoms with Gasteiger partial charge in [-0.2, -0.15) is 0 Å². The van der Waals surface area contributed by atoms with Crippen molar-refractivity contribution in [2.45, 2.75) is 56.9 Å². The smallest absolute Gasteiger partial charge is 0.220 e. The maximum Gasteiger partial charge on any atom is 0.220 e. The van der Waals surface area contributed by atoms with Gasteiger partial charge in [0.2, 0.25) is 5.91 Å². The number of alkyl halides is 1. The van der Waals surface area contributed by atoms with Crippen LogP contribution in [0, 0.1) is 5.92 Å². The number of carbonyl (C=O) groups is 1. The highest BCUT2D eigenvalue weighted by molar-refractivity contribution is 9.09. The second-order valence-corrected chi connectivity index (χ2v) is 5.73. The Labute approximate surface area is 100 Å². The molecule has 2 saturated carbocycles. The molecular weight excluding hydrogens is 254 g/mol. The molecule has 0 bridgehead atoms. The van der Waals surface area contributed by atoms with Crippen LogP contribution in [0.25, 0.3) is 0 Å². The molecule has 3 heteroatoms. The minimum absolute atomic E-state index is 0.131. The van der Waals surface area contributed by atoms with Gasteiger partial charge in [-0.15, -0.1) is 0 Å². The van der Waals surface area contributed by atoms with E-state index in [4.69, 9.17) is 0 Å². The number of amides is 1. The van der Waals surface area contributed by atoms with Crippen molar-refractivity contribution in [1.29, 1.82) is 0 Å². The summed E-state index contributed by atoms with van der Waals surface area (Å²) >= 11 is 3.47. The van der Waals surface area contributed by atoms with Gasteiger partial charge in [0.05, 0.1) is 0 Å². The van der Waals surface area contributed by atoms with E-state index in [-0.39, 0.29) is 11.4 Å². The normalized spacial score (nSPS) is 24.9. The predicted octanol–water partition coefficient (Wildman–Crippen LogP) is 3.00. The number of hydrogen-bond acceptors (Lipinski definition) is 1. The third-order valence-corrected chi connectivity index (χ3v) is 4.79. The van der Waals surface area contributed by atoms with E-state index in [1.807, 2.05) is 0 Å². The third kappa shape index (κ3) is 3.20. The highest BCUT2D eigenvalue weighted by Crippen LogP contribution is 2.37. The molecule has 2 nitrogen and oxygen atoms in total. The fourth-order valence-electron chi connectivity index (χ4n) is 2.44. The topological polar surface area (TPSA) is 29.1 Å². The Morgan fingerprint density at radius 1 is 1.27 bits per heavy atom. The Hall–Kier alpha value is -0.0500. The maximum absolute atomic E-state index is 11.8. The van der Waals surface area contributed by atoms with Crippen molar-refractivity contribution >= 4 is 21.8 Å². The van der Waals surface area contributed by atoms with E-state index in [9.17, 15) is 4.79 Å². The SMILES string of the molecule is O=C(CC1CCCCC1)NC1(CBr)CC1. The van der Waals surface area contributed by atoms with E-state index in [2.05, 4.69) is 21.2 Å². The third-order valence-electron chi connectivity index (χ3n) is 3.71. The molecule has 86 valence electrons. The van der Waals surface area contributed by atoms with Gasteiger partial charge in [-0.1, -0.05) is 35.2 Å². The first-order chi connectivity index (χ1) is 7.24. The molecule has 15 heavy (non-hydrogen) atoms. The molecule has 0 aromatic heterocycles. The quantitative estimate of drug-likeness (QED) is 0.784. The largest absolute Gasteiger partial charge is 0.350 e. The molecule has 0 atom stereocenters. The van der Waals surface area contributed by atoms with Crippen molar-refractivity contribution in [1.82, 2.24) is 5.32 Å². The van der Waals surface area contributed by atoms with Crippen LogP contribution in [0.2, 0.25) is 0 Å². The molecule has 0 radical (unpaired) electrons. The van der Waals surface area contributed by atoms with Crippen molar-refractivity contribution in [2.24, 2.45) is 5.92 Å². The van der Waals surface area contributed by atoms with Gasteiger partial charge in [0.1, 0.15) is 0 Å². The molecule has 1 amide bonds. The zero-order valence-electron chi connectivity index (χ0n) is 9.23. The molecule has 0 aromatic carbocycles. The summed E-state index contributed by atoms with van der Waals surface area (Å²) in [6.07, 6.45) is 9.58. The molecule has 0 saturated heterocycles. The fourth-order valence-corrected chi connectivity index (χ4v) is 3.14. The van der Waals surface area contributed by atoms with E-state index in [1.54, 1.807) is 0 Å². The standard InChI is InChI=1S/C12H20BrNO/c13-9-12(6-7-12)14-11(15)8-10-4-2-1-3-5-10/h10H,1-9H2,(H,14,15). The lowest BCUT2D eigenvalue weighted by Gasteiger charge is -2.22. The summed E-state index contributed by atoms with van der Waals surface area (Å²) in [4.78, 5) is 11.8. The molecule has 2 rings (SSSR count). The van der Waals surface area contributed by atoms with E-state index < -0.39 is 0 Å². The summed E-state index contributed by atoms with van der Waals surface area (Å²) in [5.41, 5.74) is 0.131. The minimum Gasteiger partial charge on any atom is -0.350 e. The number of halogens is 1. The summed E-state index contributed by atoms with van der Waals surface area (Å²) in [7, 11) is 0. The molecule has 0 aromatic rings. The lowest BCUT2D eigenvalue weighted by atomic mass is 9.87. The first-order valence-corrected chi connectivity index (χ1v) is 7.23. The first-order valence-electron chi connectivity index (χ1n) is 6.11. The maximum atomic E-state index is 11.8. The number of hydrogen-bond donors (Lipinski definition) is 1. The monoisotopic (exact) mass is 273 g/mol. The molecule has 0 heterocycles. The van der Waals surface area contributed by atoms with Gasteiger partial charge < -0.3 is 5.32 Å². The highest BCUT2D eigenvalue weighted by atomic mass is 79.9. The summed E-state index contributed by atoms with van der Waals surface area (Å²) in [6.45, 7) is 0. The van der Waals surface area contributed by atoms with Gasteiger partial charge >= 0.3 is 0 Å². The van der Waals surface area contributed by atoms with Crippen molar-refractivity contribution < 1.29 is 4.79 Å². The molecule has 2 fully saturated rings. The Balaban J connectivity index is 1.72. The molecule has 0 spiro atoms. The predicted molar refractivity (Wildman–Crippen MR) is 65.1 cm³/mol. The lowest BCUT2D eigenvalue weighted by molar-refractivity contribution is -0.123. The first kappa shape index (κ1) is 11.4. The zero-order chi connectivity index (χ0) is 10.7. The van der Waals surface area contributed by atoms with Gasteiger partial charge in [-0.05, 0) is 31.6 Å². The molecule has 2 aliphatic carbocycles. The van der Waals surface area contributed by atoms with Crippen LogP contribution in [0.3, 0.4) is 0 Å². The summed E-state index contributed by atoms with van der Waals surface area (Å²) in [5, 5.41) is 4.09. The Morgan fingerprint density at radius 2 is 1.93 bits per heavy atom. The Bertz CT molecular complexity index is 232. The Morgan fingerprint density at radius 3 is 2.47 bits per heavy atom. The number of carbonyl (C=O) groups excluding carboxylic acids is 1. The second-order valence-electron chi connectivity index (χ2n) is 5.17. The van der Waals surface area contributed by atoms with Crippen LogP contribution in [-0.4, -0.2) is 16.8 Å². The molecule has 0 unspecified atom stereocenters. The van der Waals surface area contributed by atoms with E-state index >= 15 is 0 Å². The van der Waals surface area contributed by atoms with Crippen molar-refractivity contribution in [2.75, 3.05) is 5.33 Å². The molecule has 2 aliphatic rings. The minimum atomic E-state index is 0.131. The number of nitrogens with one attached hydrogen (secondary N) is 1. The van der Waals surface area contributed by atoms with Gasteiger partial charge in [0, 0.05) is 17.3 Å². The zero-order valence-corrected chi connectivity index (χ0v) is 10.8. The van der Waals surface area contributed by atoms with Gasteiger partial charge in [0.15, 0.2) is 0 Å². The average Bonchev–Trinajstić information content (AvgIpc) is 3.00. The molecule has 0 aliphatic heterocycles. The van der Waals surface area contributed by atoms with Crippen LogP contribution in [0.1, 0.15) is 51.4 Å². The number of rotatable bonds is 4. The summed E-state index contributed by atoms with van der Waals surface area (Å²) in [5.74, 6) is 0.934. The Kier molecular flexibility index (Phi) is 3.70. The highest BCUT2D eigenvalue weighted by Gasteiger charge is 2.42. The molecule has 1 N–H and O–H groups in total. The van der Waals surface area contributed by atoms with Crippen molar-refractivity contribution in [3.05, 3.63) is 0 Å². The van der Waals surface area contributed by atoms with Crippen LogP contribution in [0.4, 0.5) is 0 Å². The van der Waals surface area contributed by atoms with Gasteiger partial charge in [-0.3, -0.25) is 4.79 Å². The van der Waals surface area contributed by atoms with Crippen LogP contribution in [0.5, 0.6) is 0 Å². The average molecular weight is 274 g/mol. The van der Waals surface area contributed by atoms with Gasteiger partial charge in [0.25, 0.3) is 0 Å². The van der Waals surface area contributed by atoms with Crippen LogP contribution >= 0.6 is 15.9 Å². The van der Waals surface area contributed by atoms with Crippen molar-refractivity contribution in [3.63, 3.8) is 0 Å². The fraction of sp³-hybridized carbons (Fsp3) is 0.917. The van der Waals surface area contributed by atoms with Gasteiger partial charge in [-0.25, -0.2) is 0 Å².